The summed E-state index contributed by atoms with van der Waals surface area (Å²) in [4.78, 5) is 10.4. The highest BCUT2D eigenvalue weighted by atomic mass is 35.5. The summed E-state index contributed by atoms with van der Waals surface area (Å²) >= 11 is 7.61. The van der Waals surface area contributed by atoms with E-state index in [1.807, 2.05) is 38.2 Å². The topological polar surface area (TPSA) is 37.8 Å². The van der Waals surface area contributed by atoms with Crippen LogP contribution in [0, 0.1) is 6.92 Å². The van der Waals surface area contributed by atoms with Crippen molar-refractivity contribution in [2.24, 2.45) is 0 Å². The molecule has 1 heterocycles. The minimum atomic E-state index is 0.408. The molecule has 0 aliphatic rings. The molecule has 1 N–H and O–H groups in total. The van der Waals surface area contributed by atoms with Crippen molar-refractivity contribution in [1.82, 2.24) is 9.97 Å². The molecule has 0 radical (unpaired) electrons. The monoisotopic (exact) mass is 321 g/mol. The van der Waals surface area contributed by atoms with Gasteiger partial charge >= 0.3 is 0 Å². The molecule has 0 unspecified atom stereocenters. The lowest BCUT2D eigenvalue weighted by Gasteiger charge is -2.15. The second kappa shape index (κ2) is 7.14. The predicted octanol–water partition coefficient (Wildman–Crippen LogP) is 4.90. The van der Waals surface area contributed by atoms with Crippen LogP contribution < -0.4 is 5.32 Å². The second-order valence-electron chi connectivity index (χ2n) is 5.13. The van der Waals surface area contributed by atoms with Crippen molar-refractivity contribution in [3.8, 4) is 0 Å². The molecule has 2 rings (SSSR count). The average Bonchev–Trinajstić information content (AvgIpc) is 2.45. The molecule has 1 aromatic heterocycles. The smallest absolute Gasteiger partial charge is 0.141 e. The highest BCUT2D eigenvalue weighted by Crippen LogP contribution is 2.27. The van der Waals surface area contributed by atoms with E-state index in [1.54, 1.807) is 11.8 Å². The summed E-state index contributed by atoms with van der Waals surface area (Å²) < 4.78 is 0. The van der Waals surface area contributed by atoms with E-state index >= 15 is 0 Å². The Morgan fingerprint density at radius 3 is 2.43 bits per heavy atom. The highest BCUT2D eigenvalue weighted by Gasteiger charge is 2.13. The number of aryl methyl sites for hydroxylation is 1. The maximum atomic E-state index is 5.89. The Morgan fingerprint density at radius 2 is 1.86 bits per heavy atom. The Balaban J connectivity index is 2.17. The van der Waals surface area contributed by atoms with Crippen LogP contribution in [0.3, 0.4) is 0 Å². The highest BCUT2D eigenvalue weighted by molar-refractivity contribution is 7.98. The van der Waals surface area contributed by atoms with E-state index in [2.05, 4.69) is 29.1 Å². The molecular formula is C16H20ClN3S. The number of hydrogen-bond donors (Lipinski definition) is 1. The summed E-state index contributed by atoms with van der Waals surface area (Å²) in [5.41, 5.74) is 2.24. The maximum absolute atomic E-state index is 5.89. The molecule has 0 atom stereocenters. The molecule has 1 aromatic carbocycles. The maximum Gasteiger partial charge on any atom is 0.141 e. The second-order valence-corrected chi connectivity index (χ2v) is 6.62. The van der Waals surface area contributed by atoms with Crippen LogP contribution in [0.2, 0.25) is 5.02 Å². The zero-order valence-corrected chi connectivity index (χ0v) is 14.3. The van der Waals surface area contributed by atoms with Crippen molar-refractivity contribution in [3.63, 3.8) is 0 Å². The van der Waals surface area contributed by atoms with Crippen molar-refractivity contribution in [3.05, 3.63) is 46.4 Å². The first-order valence-corrected chi connectivity index (χ1v) is 8.31. The van der Waals surface area contributed by atoms with Crippen molar-refractivity contribution < 1.29 is 0 Å². The number of nitrogens with zero attached hydrogens (tertiary/aromatic N) is 2. The Hall–Kier alpha value is -1.26. The summed E-state index contributed by atoms with van der Waals surface area (Å²) in [6, 6.07) is 7.83. The van der Waals surface area contributed by atoms with Crippen molar-refractivity contribution in [2.45, 2.75) is 37.3 Å². The van der Waals surface area contributed by atoms with Crippen LogP contribution in [0.5, 0.6) is 0 Å². The van der Waals surface area contributed by atoms with Gasteiger partial charge in [-0.25, -0.2) is 9.97 Å². The van der Waals surface area contributed by atoms with Gasteiger partial charge in [0.15, 0.2) is 0 Å². The molecule has 0 saturated heterocycles. The molecule has 5 heteroatoms. The van der Waals surface area contributed by atoms with Gasteiger partial charge < -0.3 is 5.32 Å². The molecule has 0 aliphatic carbocycles. The lowest BCUT2D eigenvalue weighted by atomic mass is 10.0. The first-order chi connectivity index (χ1) is 10.0. The van der Waals surface area contributed by atoms with Crippen molar-refractivity contribution in [2.75, 3.05) is 12.4 Å². The summed E-state index contributed by atoms with van der Waals surface area (Å²) in [5.74, 6) is 2.94. The third kappa shape index (κ3) is 4.11. The summed E-state index contributed by atoms with van der Waals surface area (Å²) in [6.45, 7) is 6.37. The van der Waals surface area contributed by atoms with Crippen LogP contribution in [-0.4, -0.2) is 17.0 Å². The normalized spacial score (nSPS) is 11.0. The van der Waals surface area contributed by atoms with Gasteiger partial charge in [-0.05, 0) is 37.1 Å². The van der Waals surface area contributed by atoms with Crippen LogP contribution in [0.15, 0.2) is 29.2 Å². The Labute approximate surface area is 135 Å². The van der Waals surface area contributed by atoms with Crippen LogP contribution in [0.25, 0.3) is 0 Å². The van der Waals surface area contributed by atoms with Crippen LogP contribution in [0.1, 0.15) is 36.8 Å². The minimum Gasteiger partial charge on any atom is -0.373 e. The van der Waals surface area contributed by atoms with Gasteiger partial charge in [0.1, 0.15) is 11.6 Å². The molecule has 0 spiro atoms. The largest absolute Gasteiger partial charge is 0.373 e. The van der Waals surface area contributed by atoms with Gasteiger partial charge in [0.25, 0.3) is 0 Å². The van der Waals surface area contributed by atoms with E-state index in [9.17, 15) is 0 Å². The van der Waals surface area contributed by atoms with Crippen molar-refractivity contribution in [1.29, 1.82) is 0 Å². The van der Waals surface area contributed by atoms with Gasteiger partial charge in [0.05, 0.1) is 5.75 Å². The molecule has 2 aromatic rings. The first kappa shape index (κ1) is 16.1. The van der Waals surface area contributed by atoms with E-state index in [1.165, 1.54) is 10.5 Å². The minimum absolute atomic E-state index is 0.408. The lowest BCUT2D eigenvalue weighted by Crippen LogP contribution is -2.08. The molecule has 0 aliphatic heterocycles. The lowest BCUT2D eigenvalue weighted by molar-refractivity contribution is 0.821. The van der Waals surface area contributed by atoms with Crippen LogP contribution in [0.4, 0.5) is 5.82 Å². The van der Waals surface area contributed by atoms with E-state index in [4.69, 9.17) is 11.6 Å². The molecule has 0 saturated carbocycles. The number of rotatable bonds is 5. The predicted molar refractivity (Wildman–Crippen MR) is 91.4 cm³/mol. The SMILES string of the molecule is CNc1nc(CSc2ccc(Cl)cc2)nc(C)c1C(C)C. The third-order valence-electron chi connectivity index (χ3n) is 3.18. The number of nitrogens with one attached hydrogen (secondary N) is 1. The molecule has 112 valence electrons. The molecule has 0 amide bonds. The molecular weight excluding hydrogens is 302 g/mol. The Kier molecular flexibility index (Phi) is 5.48. The molecule has 0 bridgehead atoms. The molecule has 21 heavy (non-hydrogen) atoms. The van der Waals surface area contributed by atoms with Gasteiger partial charge in [-0.15, -0.1) is 11.8 Å². The van der Waals surface area contributed by atoms with Gasteiger partial charge in [-0.2, -0.15) is 0 Å². The third-order valence-corrected chi connectivity index (χ3v) is 4.44. The van der Waals surface area contributed by atoms with Crippen molar-refractivity contribution >= 4 is 29.2 Å². The fourth-order valence-corrected chi connectivity index (χ4v) is 3.14. The zero-order valence-electron chi connectivity index (χ0n) is 12.8. The number of benzene rings is 1. The number of aromatic nitrogens is 2. The summed E-state index contributed by atoms with van der Waals surface area (Å²) in [7, 11) is 1.91. The fourth-order valence-electron chi connectivity index (χ4n) is 2.26. The number of halogens is 1. The van der Waals surface area contributed by atoms with Gasteiger partial charge in [-0.1, -0.05) is 25.4 Å². The number of anilines is 1. The van der Waals surface area contributed by atoms with Gasteiger partial charge in [0, 0.05) is 28.2 Å². The van der Waals surface area contributed by atoms with Crippen LogP contribution in [-0.2, 0) is 5.75 Å². The van der Waals surface area contributed by atoms with Gasteiger partial charge in [0.2, 0.25) is 0 Å². The van der Waals surface area contributed by atoms with Gasteiger partial charge in [-0.3, -0.25) is 0 Å². The van der Waals surface area contributed by atoms with E-state index in [0.29, 0.717) is 5.92 Å². The quantitative estimate of drug-likeness (QED) is 0.795. The molecule has 0 fully saturated rings. The average molecular weight is 322 g/mol. The summed E-state index contributed by atoms with van der Waals surface area (Å²) in [6.07, 6.45) is 0. The standard InChI is InChI=1S/C16H20ClN3S/c1-10(2)15-11(3)19-14(20-16(15)18-4)9-21-13-7-5-12(17)6-8-13/h5-8,10H,9H2,1-4H3,(H,18,19,20). The Bertz CT molecular complexity index is 612. The first-order valence-electron chi connectivity index (χ1n) is 6.94. The van der Waals surface area contributed by atoms with E-state index in [-0.39, 0.29) is 0 Å². The zero-order chi connectivity index (χ0) is 15.4. The summed E-state index contributed by atoms with van der Waals surface area (Å²) in [5, 5.41) is 3.94. The van der Waals surface area contributed by atoms with E-state index < -0.39 is 0 Å². The molecule has 3 nitrogen and oxygen atoms in total. The number of hydrogen-bond acceptors (Lipinski definition) is 4. The van der Waals surface area contributed by atoms with E-state index in [0.717, 1.165) is 28.1 Å². The van der Waals surface area contributed by atoms with Crippen LogP contribution >= 0.6 is 23.4 Å². The Morgan fingerprint density at radius 1 is 1.19 bits per heavy atom. The number of thioether (sulfide) groups is 1. The fraction of sp³-hybridized carbons (Fsp3) is 0.375.